The molecule has 2 aliphatic rings. The molecule has 2 fully saturated rings. The number of nitriles is 1. The van der Waals surface area contributed by atoms with E-state index in [0.717, 1.165) is 6.42 Å². The molecule has 10 heteroatoms. The summed E-state index contributed by atoms with van der Waals surface area (Å²) in [6.45, 7) is 4.27. The number of carbonyl (C=O) groups is 2. The maximum atomic E-state index is 13.1. The summed E-state index contributed by atoms with van der Waals surface area (Å²) in [4.78, 5) is 25.3. The number of rotatable bonds is 10. The van der Waals surface area contributed by atoms with Crippen molar-refractivity contribution in [3.05, 3.63) is 29.8 Å². The Morgan fingerprint density at radius 2 is 1.94 bits per heavy atom. The highest BCUT2D eigenvalue weighted by Gasteiger charge is 2.33. The van der Waals surface area contributed by atoms with Gasteiger partial charge in [-0.1, -0.05) is 51.7 Å². The minimum Gasteiger partial charge on any atom is -0.374 e. The van der Waals surface area contributed by atoms with Crippen LogP contribution in [0.4, 0.5) is 0 Å². The van der Waals surface area contributed by atoms with Crippen LogP contribution >= 0.6 is 0 Å². The van der Waals surface area contributed by atoms with Crippen molar-refractivity contribution in [2.24, 2.45) is 11.8 Å². The van der Waals surface area contributed by atoms with Gasteiger partial charge in [0.15, 0.2) is 0 Å². The van der Waals surface area contributed by atoms with Gasteiger partial charge in [0, 0.05) is 26.1 Å². The van der Waals surface area contributed by atoms with Gasteiger partial charge in [-0.3, -0.25) is 9.59 Å². The predicted octanol–water partition coefficient (Wildman–Crippen LogP) is 2.18. The van der Waals surface area contributed by atoms with Crippen LogP contribution in [0.25, 0.3) is 0 Å². The van der Waals surface area contributed by atoms with E-state index < -0.39 is 22.2 Å². The first kappa shape index (κ1) is 27.1. The zero-order valence-electron chi connectivity index (χ0n) is 20.5. The van der Waals surface area contributed by atoms with Crippen LogP contribution in [0.5, 0.6) is 0 Å². The van der Waals surface area contributed by atoms with Gasteiger partial charge in [-0.2, -0.15) is 9.57 Å². The number of hydrogen-bond donors (Lipinski definition) is 2. The van der Waals surface area contributed by atoms with Gasteiger partial charge in [0.2, 0.25) is 21.8 Å². The second-order valence-electron chi connectivity index (χ2n) is 9.69. The van der Waals surface area contributed by atoms with E-state index in [9.17, 15) is 23.3 Å². The summed E-state index contributed by atoms with van der Waals surface area (Å²) in [5.74, 6) is 0.0765. The molecule has 2 atom stereocenters. The number of hydrogen-bond acceptors (Lipinski definition) is 6. The average Bonchev–Trinajstić information content (AvgIpc) is 3.38. The van der Waals surface area contributed by atoms with E-state index in [4.69, 9.17) is 4.74 Å². The van der Waals surface area contributed by atoms with Crippen molar-refractivity contribution >= 4 is 21.8 Å². The Labute approximate surface area is 208 Å². The van der Waals surface area contributed by atoms with Crippen LogP contribution in [0.15, 0.2) is 29.2 Å². The predicted molar refractivity (Wildman–Crippen MR) is 131 cm³/mol. The third-order valence-corrected chi connectivity index (χ3v) is 8.67. The number of ether oxygens (including phenoxy) is 1. The van der Waals surface area contributed by atoms with E-state index >= 15 is 0 Å². The van der Waals surface area contributed by atoms with Crippen LogP contribution in [0.1, 0.15) is 57.9 Å². The van der Waals surface area contributed by atoms with E-state index in [1.807, 2.05) is 19.9 Å². The molecule has 1 aromatic carbocycles. The Balaban J connectivity index is 1.54. The standard InChI is InChI=1S/C25H36N4O5S/c1-18(2)24(28-23(30)12-11-19-7-3-4-8-19)25(31)27-16-21-17-29(13-14-34-21)35(32,33)22-10-6-5-9-20(22)15-26/h5-6,9-10,18-19,21,24H,3-4,7-8,11-14,16-17H2,1-2H3,(H,27,31)(H,28,30)/t21?,24-/m0/s1. The average molecular weight is 505 g/mol. The fraction of sp³-hybridized carbons (Fsp3) is 0.640. The number of sulfonamides is 1. The number of carbonyl (C=O) groups excluding carboxylic acids is 2. The summed E-state index contributed by atoms with van der Waals surface area (Å²) in [7, 11) is -3.87. The molecule has 2 N–H and O–H groups in total. The maximum Gasteiger partial charge on any atom is 0.244 e. The van der Waals surface area contributed by atoms with E-state index in [1.54, 1.807) is 12.1 Å². The first-order chi connectivity index (χ1) is 16.7. The molecule has 35 heavy (non-hydrogen) atoms. The second-order valence-corrected chi connectivity index (χ2v) is 11.6. The van der Waals surface area contributed by atoms with Crippen LogP contribution in [0.2, 0.25) is 0 Å². The fourth-order valence-corrected chi connectivity index (χ4v) is 6.29. The lowest BCUT2D eigenvalue weighted by atomic mass is 10.00. The van der Waals surface area contributed by atoms with Gasteiger partial charge in [-0.25, -0.2) is 8.42 Å². The first-order valence-corrected chi connectivity index (χ1v) is 13.8. The highest BCUT2D eigenvalue weighted by molar-refractivity contribution is 7.89. The molecule has 1 aliphatic carbocycles. The van der Waals surface area contributed by atoms with Crippen molar-refractivity contribution in [2.45, 2.75) is 69.4 Å². The molecule has 2 amide bonds. The van der Waals surface area contributed by atoms with Crippen LogP contribution < -0.4 is 10.6 Å². The summed E-state index contributed by atoms with van der Waals surface area (Å²) >= 11 is 0. The minimum atomic E-state index is -3.87. The molecule has 1 heterocycles. The van der Waals surface area contributed by atoms with E-state index in [-0.39, 0.29) is 54.4 Å². The number of nitrogens with one attached hydrogen (secondary N) is 2. The van der Waals surface area contributed by atoms with Gasteiger partial charge in [-0.05, 0) is 30.4 Å². The summed E-state index contributed by atoms with van der Waals surface area (Å²) in [5, 5.41) is 15.0. The van der Waals surface area contributed by atoms with Crippen LogP contribution in [0, 0.1) is 23.2 Å². The molecule has 0 aromatic heterocycles. The Bertz CT molecular complexity index is 1030. The molecule has 0 spiro atoms. The number of benzene rings is 1. The Morgan fingerprint density at radius 1 is 1.23 bits per heavy atom. The third-order valence-electron chi connectivity index (χ3n) is 6.75. The SMILES string of the molecule is CC(C)[C@H](NC(=O)CCC1CCCC1)C(=O)NCC1CN(S(=O)(=O)c2ccccc2C#N)CCO1. The van der Waals surface area contributed by atoms with Gasteiger partial charge >= 0.3 is 0 Å². The lowest BCUT2D eigenvalue weighted by molar-refractivity contribution is -0.130. The lowest BCUT2D eigenvalue weighted by Gasteiger charge is -2.33. The zero-order chi connectivity index (χ0) is 25.4. The summed E-state index contributed by atoms with van der Waals surface area (Å²) in [6, 6.07) is 7.35. The van der Waals surface area contributed by atoms with Crippen LogP contribution in [-0.2, 0) is 24.3 Å². The number of nitrogens with zero attached hydrogens (tertiary/aromatic N) is 2. The Hall–Kier alpha value is -2.48. The Morgan fingerprint density at radius 3 is 2.63 bits per heavy atom. The molecule has 1 unspecified atom stereocenters. The molecule has 1 aliphatic heterocycles. The topological polar surface area (TPSA) is 129 Å². The molecule has 1 aromatic rings. The summed E-state index contributed by atoms with van der Waals surface area (Å²) < 4.78 is 33.2. The highest BCUT2D eigenvalue weighted by Crippen LogP contribution is 2.28. The minimum absolute atomic E-state index is 0.0348. The van der Waals surface area contributed by atoms with E-state index in [0.29, 0.717) is 12.3 Å². The van der Waals surface area contributed by atoms with Crippen molar-refractivity contribution in [3.8, 4) is 6.07 Å². The molecule has 0 bridgehead atoms. The lowest BCUT2D eigenvalue weighted by Crippen LogP contribution is -2.54. The second kappa shape index (κ2) is 12.5. The summed E-state index contributed by atoms with van der Waals surface area (Å²) in [5.41, 5.74) is 0.0901. The normalized spacial score (nSPS) is 20.3. The molecule has 3 rings (SSSR count). The quantitative estimate of drug-likeness (QED) is 0.503. The van der Waals surface area contributed by atoms with Crippen LogP contribution in [0.3, 0.4) is 0 Å². The summed E-state index contributed by atoms with van der Waals surface area (Å²) in [6.07, 6.45) is 5.56. The van der Waals surface area contributed by atoms with Crippen molar-refractivity contribution in [2.75, 3.05) is 26.2 Å². The van der Waals surface area contributed by atoms with Crippen molar-refractivity contribution in [1.82, 2.24) is 14.9 Å². The van der Waals surface area contributed by atoms with Gasteiger partial charge in [-0.15, -0.1) is 0 Å². The Kier molecular flexibility index (Phi) is 9.66. The third kappa shape index (κ3) is 7.26. The van der Waals surface area contributed by atoms with Crippen molar-refractivity contribution < 1.29 is 22.7 Å². The van der Waals surface area contributed by atoms with Gasteiger partial charge in [0.1, 0.15) is 12.1 Å². The number of morpholine rings is 1. The van der Waals surface area contributed by atoms with Crippen molar-refractivity contribution in [3.63, 3.8) is 0 Å². The molecular formula is C25H36N4O5S. The largest absolute Gasteiger partial charge is 0.374 e. The monoisotopic (exact) mass is 504 g/mol. The van der Waals surface area contributed by atoms with E-state index in [2.05, 4.69) is 10.6 Å². The van der Waals surface area contributed by atoms with Crippen LogP contribution in [-0.4, -0.2) is 62.9 Å². The molecule has 1 saturated heterocycles. The molecular weight excluding hydrogens is 468 g/mol. The fourth-order valence-electron chi connectivity index (χ4n) is 4.70. The molecule has 0 radical (unpaired) electrons. The highest BCUT2D eigenvalue weighted by atomic mass is 32.2. The smallest absolute Gasteiger partial charge is 0.244 e. The van der Waals surface area contributed by atoms with Gasteiger partial charge in [0.25, 0.3) is 0 Å². The molecule has 192 valence electrons. The number of amides is 2. The maximum absolute atomic E-state index is 13.1. The molecule has 1 saturated carbocycles. The first-order valence-electron chi connectivity index (χ1n) is 12.4. The van der Waals surface area contributed by atoms with E-state index in [1.165, 1.54) is 42.1 Å². The zero-order valence-corrected chi connectivity index (χ0v) is 21.4. The van der Waals surface area contributed by atoms with Crippen molar-refractivity contribution in [1.29, 1.82) is 5.26 Å². The van der Waals surface area contributed by atoms with Gasteiger partial charge < -0.3 is 15.4 Å². The molecule has 9 nitrogen and oxygen atoms in total. The van der Waals surface area contributed by atoms with Gasteiger partial charge in [0.05, 0.1) is 23.2 Å².